The molecule has 190 valence electrons. The highest BCUT2D eigenvalue weighted by Gasteiger charge is 2.35. The van der Waals surface area contributed by atoms with Crippen LogP contribution in [0.1, 0.15) is 48.9 Å². The molecule has 0 amide bonds. The van der Waals surface area contributed by atoms with Crippen molar-refractivity contribution < 1.29 is 27.1 Å². The van der Waals surface area contributed by atoms with E-state index in [1.807, 2.05) is 0 Å². The molecule has 9 nitrogen and oxygen atoms in total. The number of methoxy groups -OCH3 is 1. The summed E-state index contributed by atoms with van der Waals surface area (Å²) in [6.45, 7) is 3.01. The summed E-state index contributed by atoms with van der Waals surface area (Å²) in [7, 11) is -3.17. The SMILES string of the molecule is COc1c(S(=O)(=O)NC(c2n[nH]c(=O)o2)C(C)c2c(F)ccc3ccccc23)ccc(Cl)c1C(C)O. The van der Waals surface area contributed by atoms with Crippen LogP contribution in [0.2, 0.25) is 5.02 Å². The van der Waals surface area contributed by atoms with Gasteiger partial charge in [-0.25, -0.2) is 22.7 Å². The summed E-state index contributed by atoms with van der Waals surface area (Å²) >= 11 is 6.17. The minimum Gasteiger partial charge on any atom is -0.495 e. The van der Waals surface area contributed by atoms with Gasteiger partial charge in [-0.2, -0.15) is 4.72 Å². The van der Waals surface area contributed by atoms with Crippen molar-refractivity contribution in [3.8, 4) is 5.75 Å². The van der Waals surface area contributed by atoms with Gasteiger partial charge in [-0.05, 0) is 35.9 Å². The summed E-state index contributed by atoms with van der Waals surface area (Å²) in [5.74, 6) is -2.79. The molecule has 4 aromatic rings. The highest BCUT2D eigenvalue weighted by Crippen LogP contribution is 2.40. The number of nitrogens with one attached hydrogen (secondary N) is 2. The van der Waals surface area contributed by atoms with E-state index in [0.29, 0.717) is 5.39 Å². The van der Waals surface area contributed by atoms with Crippen molar-refractivity contribution in [1.29, 1.82) is 0 Å². The number of aromatic nitrogens is 2. The molecular weight excluding hydrogens is 513 g/mol. The van der Waals surface area contributed by atoms with Crippen LogP contribution in [0.5, 0.6) is 5.75 Å². The molecule has 3 aromatic carbocycles. The molecule has 0 radical (unpaired) electrons. The fourth-order valence-electron chi connectivity index (χ4n) is 4.24. The van der Waals surface area contributed by atoms with E-state index in [2.05, 4.69) is 14.9 Å². The molecule has 0 aliphatic carbocycles. The number of hydrogen-bond donors (Lipinski definition) is 3. The number of rotatable bonds is 8. The monoisotopic (exact) mass is 535 g/mol. The molecular formula is C24H23ClFN3O6S. The maximum Gasteiger partial charge on any atom is 0.434 e. The summed E-state index contributed by atoms with van der Waals surface area (Å²) in [4.78, 5) is 11.4. The van der Waals surface area contributed by atoms with Crippen LogP contribution in [0.25, 0.3) is 10.8 Å². The fourth-order valence-corrected chi connectivity index (χ4v) is 5.99. The van der Waals surface area contributed by atoms with Gasteiger partial charge in [0.2, 0.25) is 15.9 Å². The second-order valence-corrected chi connectivity index (χ2v) is 10.3. The van der Waals surface area contributed by atoms with Crippen molar-refractivity contribution in [3.05, 3.63) is 86.9 Å². The Balaban J connectivity index is 1.87. The lowest BCUT2D eigenvalue weighted by Gasteiger charge is -2.25. The average Bonchev–Trinajstić information content (AvgIpc) is 3.27. The first kappa shape index (κ1) is 25.8. The third kappa shape index (κ3) is 4.74. The molecule has 36 heavy (non-hydrogen) atoms. The summed E-state index contributed by atoms with van der Waals surface area (Å²) < 4.78 is 55.2. The van der Waals surface area contributed by atoms with Gasteiger partial charge in [-0.1, -0.05) is 48.9 Å². The van der Waals surface area contributed by atoms with Crippen molar-refractivity contribution in [1.82, 2.24) is 14.9 Å². The van der Waals surface area contributed by atoms with Gasteiger partial charge in [-0.3, -0.25) is 0 Å². The summed E-state index contributed by atoms with van der Waals surface area (Å²) in [6, 6.07) is 11.2. The molecule has 3 unspecified atom stereocenters. The highest BCUT2D eigenvalue weighted by molar-refractivity contribution is 7.89. The number of aliphatic hydroxyl groups is 1. The zero-order valence-corrected chi connectivity index (χ0v) is 21.0. The molecule has 0 saturated carbocycles. The van der Waals surface area contributed by atoms with E-state index in [1.54, 1.807) is 37.3 Å². The second-order valence-electron chi connectivity index (χ2n) is 8.19. The molecule has 1 heterocycles. The molecule has 0 bridgehead atoms. The maximum atomic E-state index is 15.2. The zero-order valence-electron chi connectivity index (χ0n) is 19.5. The number of H-pyrrole nitrogens is 1. The Kier molecular flexibility index (Phi) is 7.19. The van der Waals surface area contributed by atoms with Crippen LogP contribution in [-0.2, 0) is 10.0 Å². The summed E-state index contributed by atoms with van der Waals surface area (Å²) in [5.41, 5.74) is 0.289. The lowest BCUT2D eigenvalue weighted by Crippen LogP contribution is -2.33. The molecule has 1 aromatic heterocycles. The van der Waals surface area contributed by atoms with E-state index < -0.39 is 39.7 Å². The summed E-state index contributed by atoms with van der Waals surface area (Å²) in [5, 5.41) is 17.5. The van der Waals surface area contributed by atoms with E-state index in [9.17, 15) is 18.3 Å². The molecule has 3 atom stereocenters. The molecule has 0 aliphatic heterocycles. The van der Waals surface area contributed by atoms with E-state index >= 15 is 4.39 Å². The number of hydrogen-bond acceptors (Lipinski definition) is 7. The molecule has 4 rings (SSSR count). The third-order valence-corrected chi connectivity index (χ3v) is 7.69. The van der Waals surface area contributed by atoms with Gasteiger partial charge >= 0.3 is 5.76 Å². The molecule has 0 aliphatic rings. The smallest absolute Gasteiger partial charge is 0.434 e. The minimum atomic E-state index is -4.42. The largest absolute Gasteiger partial charge is 0.495 e. The van der Waals surface area contributed by atoms with Gasteiger partial charge in [-0.15, -0.1) is 5.10 Å². The predicted octanol–water partition coefficient (Wildman–Crippen LogP) is 4.19. The first-order valence-corrected chi connectivity index (χ1v) is 12.7. The Morgan fingerprint density at radius 2 is 1.86 bits per heavy atom. The normalized spacial score (nSPS) is 14.5. The quantitative estimate of drug-likeness (QED) is 0.308. The Labute approximate surface area is 210 Å². The van der Waals surface area contributed by atoms with E-state index in [-0.39, 0.29) is 32.7 Å². The Bertz CT molecular complexity index is 1580. The van der Waals surface area contributed by atoms with Gasteiger partial charge in [0.1, 0.15) is 22.5 Å². The standard InChI is InChI=1S/C24H23ClFN3O6S/c1-12(19-15-7-5-4-6-14(15)8-10-17(19)26)21(23-27-28-24(31)35-23)29-36(32,33)18-11-9-16(25)20(13(2)30)22(18)34-3/h4-13,21,29-30H,1-3H3,(H,28,31). The first-order chi connectivity index (χ1) is 17.0. The van der Waals surface area contributed by atoms with Crippen LogP contribution in [0.15, 0.2) is 62.6 Å². The van der Waals surface area contributed by atoms with Crippen molar-refractivity contribution in [2.24, 2.45) is 0 Å². The molecule has 0 fully saturated rings. The Morgan fingerprint density at radius 1 is 1.14 bits per heavy atom. The van der Waals surface area contributed by atoms with Crippen molar-refractivity contribution in [2.45, 2.75) is 36.8 Å². The lowest BCUT2D eigenvalue weighted by molar-refractivity contribution is 0.193. The second kappa shape index (κ2) is 10.0. The van der Waals surface area contributed by atoms with E-state index in [4.69, 9.17) is 20.8 Å². The van der Waals surface area contributed by atoms with Gasteiger partial charge in [0.15, 0.2) is 0 Å². The number of nitrogens with zero attached hydrogens (tertiary/aromatic N) is 1. The van der Waals surface area contributed by atoms with Gasteiger partial charge in [0, 0.05) is 17.0 Å². The first-order valence-electron chi connectivity index (χ1n) is 10.8. The van der Waals surface area contributed by atoms with Gasteiger partial charge in [0.05, 0.1) is 18.2 Å². The maximum absolute atomic E-state index is 15.2. The van der Waals surface area contributed by atoms with Gasteiger partial charge in [0.25, 0.3) is 0 Å². The number of fused-ring (bicyclic) bond motifs is 1. The van der Waals surface area contributed by atoms with Crippen molar-refractivity contribution in [3.63, 3.8) is 0 Å². The number of aliphatic hydroxyl groups excluding tert-OH is 1. The highest BCUT2D eigenvalue weighted by atomic mass is 35.5. The topological polar surface area (TPSA) is 135 Å². The molecule has 12 heteroatoms. The van der Waals surface area contributed by atoms with Crippen molar-refractivity contribution in [2.75, 3.05) is 7.11 Å². The minimum absolute atomic E-state index is 0.0815. The number of benzene rings is 3. The molecule has 3 N–H and O–H groups in total. The number of sulfonamides is 1. The van der Waals surface area contributed by atoms with Crippen LogP contribution in [0.4, 0.5) is 4.39 Å². The average molecular weight is 536 g/mol. The lowest BCUT2D eigenvalue weighted by atomic mass is 9.89. The number of halogens is 2. The molecule has 0 saturated heterocycles. The number of aromatic amines is 1. The van der Waals surface area contributed by atoms with Gasteiger partial charge < -0.3 is 14.3 Å². The Morgan fingerprint density at radius 3 is 2.50 bits per heavy atom. The molecule has 0 spiro atoms. The fraction of sp³-hybridized carbons (Fsp3) is 0.250. The van der Waals surface area contributed by atoms with Crippen molar-refractivity contribution >= 4 is 32.4 Å². The van der Waals surface area contributed by atoms with Crippen LogP contribution in [0.3, 0.4) is 0 Å². The Hall–Kier alpha value is -3.25. The third-order valence-electron chi connectivity index (χ3n) is 5.89. The van der Waals surface area contributed by atoms with E-state index in [1.165, 1.54) is 32.2 Å². The van der Waals surface area contributed by atoms with E-state index in [0.717, 1.165) is 5.39 Å². The predicted molar refractivity (Wildman–Crippen MR) is 131 cm³/mol. The van der Waals surface area contributed by atoms with Crippen LogP contribution < -0.4 is 15.2 Å². The summed E-state index contributed by atoms with van der Waals surface area (Å²) in [6.07, 6.45) is -1.13. The van der Waals surface area contributed by atoms with Crippen LogP contribution >= 0.6 is 11.6 Å². The number of ether oxygens (including phenoxy) is 1. The van der Waals surface area contributed by atoms with Crippen LogP contribution in [0, 0.1) is 5.82 Å². The zero-order chi connectivity index (χ0) is 26.2. The van der Waals surface area contributed by atoms with Crippen LogP contribution in [-0.4, -0.2) is 30.8 Å².